The summed E-state index contributed by atoms with van der Waals surface area (Å²) in [5, 5.41) is 0. The van der Waals surface area contributed by atoms with Crippen molar-refractivity contribution in [2.45, 2.75) is 53.0 Å². The molecule has 0 rings (SSSR count). The first-order valence-corrected chi connectivity index (χ1v) is 5.91. The van der Waals surface area contributed by atoms with Crippen molar-refractivity contribution in [3.05, 3.63) is 0 Å². The molecular weight excluding hydrogens is 174 g/mol. The molecule has 0 amide bonds. The average Bonchev–Trinajstić information content (AvgIpc) is 2.15. The Kier molecular flexibility index (Phi) is 8.20. The quantitative estimate of drug-likeness (QED) is 0.613. The van der Waals surface area contributed by atoms with Crippen LogP contribution in [0.25, 0.3) is 0 Å². The summed E-state index contributed by atoms with van der Waals surface area (Å²) in [5.74, 6) is 1.32. The predicted octanol–water partition coefficient (Wildman–Crippen LogP) is 2.81. The fourth-order valence-electron chi connectivity index (χ4n) is 1.31. The van der Waals surface area contributed by atoms with Gasteiger partial charge in [-0.05, 0) is 31.1 Å². The van der Waals surface area contributed by atoms with Crippen LogP contribution in [-0.4, -0.2) is 19.3 Å². The Balaban J connectivity index is 3.27. The van der Waals surface area contributed by atoms with Gasteiger partial charge in [0.25, 0.3) is 0 Å². The van der Waals surface area contributed by atoms with E-state index < -0.39 is 0 Å². The van der Waals surface area contributed by atoms with Gasteiger partial charge in [0.15, 0.2) is 0 Å². The summed E-state index contributed by atoms with van der Waals surface area (Å²) in [7, 11) is 0. The van der Waals surface area contributed by atoms with Gasteiger partial charge >= 0.3 is 0 Å². The highest BCUT2D eigenvalue weighted by Crippen LogP contribution is 2.09. The first kappa shape index (κ1) is 13.9. The van der Waals surface area contributed by atoms with Gasteiger partial charge in [0, 0.05) is 19.3 Å². The van der Waals surface area contributed by atoms with Gasteiger partial charge in [-0.15, -0.1) is 0 Å². The highest BCUT2D eigenvalue weighted by Gasteiger charge is 2.09. The Morgan fingerprint density at radius 2 is 1.64 bits per heavy atom. The van der Waals surface area contributed by atoms with Crippen LogP contribution in [-0.2, 0) is 4.74 Å². The average molecular weight is 201 g/mol. The fraction of sp³-hybridized carbons (Fsp3) is 1.00. The molecule has 0 aromatic rings. The van der Waals surface area contributed by atoms with E-state index in [1.54, 1.807) is 0 Å². The van der Waals surface area contributed by atoms with Gasteiger partial charge < -0.3 is 10.5 Å². The van der Waals surface area contributed by atoms with E-state index in [4.69, 9.17) is 10.5 Å². The van der Waals surface area contributed by atoms with Gasteiger partial charge in [-0.25, -0.2) is 0 Å². The van der Waals surface area contributed by atoms with Crippen molar-refractivity contribution in [3.8, 4) is 0 Å². The van der Waals surface area contributed by atoms with Gasteiger partial charge in [0.2, 0.25) is 0 Å². The second kappa shape index (κ2) is 8.25. The molecule has 0 bridgehead atoms. The van der Waals surface area contributed by atoms with Gasteiger partial charge in [0.05, 0.1) is 0 Å². The van der Waals surface area contributed by atoms with Crippen LogP contribution in [0.2, 0.25) is 0 Å². The van der Waals surface area contributed by atoms with Crippen LogP contribution >= 0.6 is 0 Å². The van der Waals surface area contributed by atoms with Crippen LogP contribution in [0.3, 0.4) is 0 Å². The number of nitrogens with two attached hydrogens (primary N) is 1. The molecule has 14 heavy (non-hydrogen) atoms. The van der Waals surface area contributed by atoms with Crippen LogP contribution in [0.5, 0.6) is 0 Å². The first-order valence-electron chi connectivity index (χ1n) is 5.91. The maximum Gasteiger partial charge on any atom is 0.0469 e. The van der Waals surface area contributed by atoms with Crippen LogP contribution in [0.15, 0.2) is 0 Å². The summed E-state index contributed by atoms with van der Waals surface area (Å²) in [5.41, 5.74) is 5.92. The largest absolute Gasteiger partial charge is 0.381 e. The molecule has 0 aliphatic carbocycles. The van der Waals surface area contributed by atoms with Crippen LogP contribution in [0.1, 0.15) is 47.0 Å². The third kappa shape index (κ3) is 7.34. The Bertz CT molecular complexity index is 125. The topological polar surface area (TPSA) is 35.2 Å². The molecule has 0 fully saturated rings. The van der Waals surface area contributed by atoms with Gasteiger partial charge in [-0.2, -0.15) is 0 Å². The number of hydrogen-bond acceptors (Lipinski definition) is 2. The first-order chi connectivity index (χ1) is 6.57. The molecular formula is C12H27NO. The molecule has 2 nitrogen and oxygen atoms in total. The van der Waals surface area contributed by atoms with E-state index in [1.807, 2.05) is 0 Å². The molecule has 0 aromatic heterocycles. The molecule has 0 aliphatic rings. The van der Waals surface area contributed by atoms with Crippen molar-refractivity contribution in [3.63, 3.8) is 0 Å². The number of rotatable bonds is 8. The number of ether oxygens (including phenoxy) is 1. The third-order valence-corrected chi connectivity index (χ3v) is 2.76. The Morgan fingerprint density at radius 3 is 2.14 bits per heavy atom. The Labute approximate surface area is 89.2 Å². The van der Waals surface area contributed by atoms with Crippen molar-refractivity contribution in [1.29, 1.82) is 0 Å². The Hall–Kier alpha value is -0.0800. The van der Waals surface area contributed by atoms with Crippen LogP contribution in [0.4, 0.5) is 0 Å². The van der Waals surface area contributed by atoms with Crippen molar-refractivity contribution in [1.82, 2.24) is 0 Å². The van der Waals surface area contributed by atoms with E-state index >= 15 is 0 Å². The fourth-order valence-corrected chi connectivity index (χ4v) is 1.31. The van der Waals surface area contributed by atoms with E-state index in [0.29, 0.717) is 12.0 Å². The van der Waals surface area contributed by atoms with Crippen molar-refractivity contribution >= 4 is 0 Å². The molecule has 0 saturated carbocycles. The monoisotopic (exact) mass is 201 g/mol. The van der Waals surface area contributed by atoms with Crippen LogP contribution < -0.4 is 5.73 Å². The van der Waals surface area contributed by atoms with E-state index in [1.165, 1.54) is 0 Å². The minimum atomic E-state index is 0.337. The minimum absolute atomic E-state index is 0.337. The van der Waals surface area contributed by atoms with Gasteiger partial charge in [-0.1, -0.05) is 27.7 Å². The lowest BCUT2D eigenvalue weighted by molar-refractivity contribution is 0.109. The molecule has 2 unspecified atom stereocenters. The normalized spacial score (nSPS) is 15.9. The van der Waals surface area contributed by atoms with Crippen molar-refractivity contribution in [2.24, 2.45) is 17.6 Å². The zero-order chi connectivity index (χ0) is 11.0. The third-order valence-electron chi connectivity index (χ3n) is 2.76. The zero-order valence-corrected chi connectivity index (χ0v) is 10.3. The molecule has 0 aliphatic heterocycles. The van der Waals surface area contributed by atoms with Crippen LogP contribution in [0, 0.1) is 11.8 Å². The lowest BCUT2D eigenvalue weighted by Crippen LogP contribution is -2.28. The van der Waals surface area contributed by atoms with E-state index in [2.05, 4.69) is 27.7 Å². The molecule has 0 saturated heterocycles. The number of hydrogen-bond donors (Lipinski definition) is 1. The second-order valence-electron chi connectivity index (χ2n) is 4.63. The molecule has 0 aromatic carbocycles. The lowest BCUT2D eigenvalue weighted by atomic mass is 9.98. The minimum Gasteiger partial charge on any atom is -0.381 e. The SMILES string of the molecule is CCC(N)C(C)CCOCCC(C)C. The molecule has 2 heteroatoms. The summed E-state index contributed by atoms with van der Waals surface area (Å²) < 4.78 is 5.55. The maximum absolute atomic E-state index is 5.92. The van der Waals surface area contributed by atoms with Crippen molar-refractivity contribution < 1.29 is 4.74 Å². The Morgan fingerprint density at radius 1 is 1.07 bits per heavy atom. The summed E-state index contributed by atoms with van der Waals surface area (Å²) >= 11 is 0. The van der Waals surface area contributed by atoms with E-state index in [0.717, 1.165) is 38.4 Å². The molecule has 0 radical (unpaired) electrons. The maximum atomic E-state index is 5.92. The van der Waals surface area contributed by atoms with Gasteiger partial charge in [0.1, 0.15) is 0 Å². The summed E-state index contributed by atoms with van der Waals surface area (Å²) in [4.78, 5) is 0. The van der Waals surface area contributed by atoms with Gasteiger partial charge in [-0.3, -0.25) is 0 Å². The summed E-state index contributed by atoms with van der Waals surface area (Å²) in [6.45, 7) is 10.5. The molecule has 2 N–H and O–H groups in total. The molecule has 0 heterocycles. The zero-order valence-electron chi connectivity index (χ0n) is 10.3. The predicted molar refractivity (Wildman–Crippen MR) is 62.3 cm³/mol. The summed E-state index contributed by atoms with van der Waals surface area (Å²) in [6.07, 6.45) is 3.31. The second-order valence-corrected chi connectivity index (χ2v) is 4.63. The smallest absolute Gasteiger partial charge is 0.0469 e. The van der Waals surface area contributed by atoms with E-state index in [-0.39, 0.29) is 0 Å². The standard InChI is InChI=1S/C12H27NO/c1-5-12(13)11(4)7-9-14-8-6-10(2)3/h10-12H,5-9,13H2,1-4H3. The highest BCUT2D eigenvalue weighted by molar-refractivity contribution is 4.66. The van der Waals surface area contributed by atoms with Crippen molar-refractivity contribution in [2.75, 3.05) is 13.2 Å². The summed E-state index contributed by atoms with van der Waals surface area (Å²) in [6, 6.07) is 0.337. The molecule has 86 valence electrons. The van der Waals surface area contributed by atoms with E-state index in [9.17, 15) is 0 Å². The molecule has 0 spiro atoms. The highest BCUT2D eigenvalue weighted by atomic mass is 16.5. The lowest BCUT2D eigenvalue weighted by Gasteiger charge is -2.18. The molecule has 2 atom stereocenters.